The summed E-state index contributed by atoms with van der Waals surface area (Å²) in [6.07, 6.45) is 1.13. The van der Waals surface area contributed by atoms with E-state index in [1.54, 1.807) is 11.3 Å². The van der Waals surface area contributed by atoms with E-state index < -0.39 is 0 Å². The van der Waals surface area contributed by atoms with Gasteiger partial charge in [0.1, 0.15) is 5.75 Å². The van der Waals surface area contributed by atoms with Crippen LogP contribution in [0.15, 0.2) is 53.0 Å². The number of carbonyl (C=O) groups excluding carboxylic acids is 1. The maximum Gasteiger partial charge on any atom is 0.177 e. The molecule has 126 valence electrons. The van der Waals surface area contributed by atoms with Crippen molar-refractivity contribution in [2.75, 3.05) is 6.61 Å². The number of thiophene rings is 1. The molecule has 0 unspecified atom stereocenters. The number of carbonyl (C=O) groups is 1. The first-order valence-electron chi connectivity index (χ1n) is 7.94. The first-order valence-corrected chi connectivity index (χ1v) is 9.92. The Balaban J connectivity index is 1.69. The number of halogens is 2. The molecule has 1 aliphatic heterocycles. The van der Waals surface area contributed by atoms with Crippen LogP contribution in [-0.2, 0) is 12.8 Å². The maximum absolute atomic E-state index is 12.7. The number of ether oxygens (including phenoxy) is 1. The molecule has 0 amide bonds. The standard InChI is InChI=1S/C20H14BrClO2S/c21-14-5-6-15-18(11-14)24-8-7-13-10-19(25-20(13)15)17(23)9-12-3-1-2-4-16(12)22/h1-6,10-11H,7-9H2. The number of ketones is 1. The molecule has 0 saturated carbocycles. The third-order valence-electron chi connectivity index (χ3n) is 4.21. The van der Waals surface area contributed by atoms with Gasteiger partial charge in [-0.2, -0.15) is 0 Å². The highest BCUT2D eigenvalue weighted by molar-refractivity contribution is 9.10. The number of hydrogen-bond acceptors (Lipinski definition) is 3. The Bertz CT molecular complexity index is 964. The molecule has 5 heteroatoms. The van der Waals surface area contributed by atoms with Crippen LogP contribution in [0.3, 0.4) is 0 Å². The van der Waals surface area contributed by atoms with Gasteiger partial charge < -0.3 is 4.74 Å². The summed E-state index contributed by atoms with van der Waals surface area (Å²) in [5.74, 6) is 0.964. The van der Waals surface area contributed by atoms with E-state index in [2.05, 4.69) is 15.9 Å². The van der Waals surface area contributed by atoms with Gasteiger partial charge in [0.15, 0.2) is 5.78 Å². The third kappa shape index (κ3) is 3.39. The van der Waals surface area contributed by atoms with E-state index in [0.717, 1.165) is 37.5 Å². The minimum atomic E-state index is 0.103. The van der Waals surface area contributed by atoms with Crippen LogP contribution in [0.1, 0.15) is 20.8 Å². The molecule has 0 saturated heterocycles. The van der Waals surface area contributed by atoms with Gasteiger partial charge in [-0.05, 0) is 41.5 Å². The van der Waals surface area contributed by atoms with Crippen LogP contribution < -0.4 is 4.74 Å². The van der Waals surface area contributed by atoms with Crippen LogP contribution in [-0.4, -0.2) is 12.4 Å². The van der Waals surface area contributed by atoms with E-state index in [9.17, 15) is 4.79 Å². The number of fused-ring (bicyclic) bond motifs is 3. The Morgan fingerprint density at radius 1 is 1.20 bits per heavy atom. The summed E-state index contributed by atoms with van der Waals surface area (Å²) >= 11 is 11.2. The number of Topliss-reactive ketones (excluding diaryl/α,β-unsaturated/α-hetero) is 1. The average molecular weight is 434 g/mol. The molecular weight excluding hydrogens is 420 g/mol. The van der Waals surface area contributed by atoms with E-state index in [4.69, 9.17) is 16.3 Å². The van der Waals surface area contributed by atoms with Crippen molar-refractivity contribution in [3.8, 4) is 16.2 Å². The Labute approximate surface area is 163 Å². The van der Waals surface area contributed by atoms with Gasteiger partial charge in [-0.1, -0.05) is 45.7 Å². The lowest BCUT2D eigenvalue weighted by molar-refractivity contribution is 0.0996. The van der Waals surface area contributed by atoms with Crippen LogP contribution in [0.5, 0.6) is 5.75 Å². The average Bonchev–Trinajstić information content (AvgIpc) is 2.94. The van der Waals surface area contributed by atoms with E-state index in [1.165, 1.54) is 5.56 Å². The highest BCUT2D eigenvalue weighted by Crippen LogP contribution is 2.42. The molecule has 0 aliphatic carbocycles. The predicted octanol–water partition coefficient (Wildman–Crippen LogP) is 6.19. The first kappa shape index (κ1) is 16.8. The zero-order valence-corrected chi connectivity index (χ0v) is 16.4. The molecule has 4 rings (SSSR count). The monoisotopic (exact) mass is 432 g/mol. The van der Waals surface area contributed by atoms with Gasteiger partial charge in [0.25, 0.3) is 0 Å². The molecular formula is C20H14BrClO2S. The highest BCUT2D eigenvalue weighted by Gasteiger charge is 2.21. The predicted molar refractivity (Wildman–Crippen MR) is 106 cm³/mol. The van der Waals surface area contributed by atoms with Crippen molar-refractivity contribution in [3.63, 3.8) is 0 Å². The van der Waals surface area contributed by atoms with Crippen LogP contribution in [0.25, 0.3) is 10.4 Å². The molecule has 0 radical (unpaired) electrons. The Kier molecular flexibility index (Phi) is 4.67. The number of benzene rings is 2. The molecule has 0 spiro atoms. The second-order valence-corrected chi connectivity index (χ2v) is 8.27. The zero-order chi connectivity index (χ0) is 17.4. The highest BCUT2D eigenvalue weighted by atomic mass is 79.9. The van der Waals surface area contributed by atoms with Gasteiger partial charge in [-0.25, -0.2) is 0 Å². The molecule has 0 fully saturated rings. The lowest BCUT2D eigenvalue weighted by atomic mass is 10.1. The Morgan fingerprint density at radius 2 is 2.04 bits per heavy atom. The van der Waals surface area contributed by atoms with Gasteiger partial charge in [0, 0.05) is 32.8 Å². The minimum Gasteiger partial charge on any atom is -0.493 e. The van der Waals surface area contributed by atoms with E-state index in [-0.39, 0.29) is 5.78 Å². The van der Waals surface area contributed by atoms with Crippen molar-refractivity contribution >= 4 is 44.7 Å². The van der Waals surface area contributed by atoms with Crippen LogP contribution in [0.2, 0.25) is 5.02 Å². The summed E-state index contributed by atoms with van der Waals surface area (Å²) in [6.45, 7) is 0.616. The van der Waals surface area contributed by atoms with Gasteiger partial charge in [0.05, 0.1) is 11.5 Å². The van der Waals surface area contributed by atoms with Crippen molar-refractivity contribution in [3.05, 3.63) is 74.0 Å². The lowest BCUT2D eigenvalue weighted by Crippen LogP contribution is -2.02. The van der Waals surface area contributed by atoms with Gasteiger partial charge in [-0.3, -0.25) is 4.79 Å². The third-order valence-corrected chi connectivity index (χ3v) is 6.32. The van der Waals surface area contributed by atoms with Gasteiger partial charge >= 0.3 is 0 Å². The molecule has 2 heterocycles. The van der Waals surface area contributed by atoms with E-state index in [0.29, 0.717) is 18.1 Å². The molecule has 1 aromatic heterocycles. The summed E-state index contributed by atoms with van der Waals surface area (Å²) in [5.41, 5.74) is 3.09. The number of rotatable bonds is 3. The molecule has 25 heavy (non-hydrogen) atoms. The minimum absolute atomic E-state index is 0.103. The van der Waals surface area contributed by atoms with Crippen molar-refractivity contribution < 1.29 is 9.53 Å². The second-order valence-electron chi connectivity index (χ2n) is 5.90. The summed E-state index contributed by atoms with van der Waals surface area (Å²) in [7, 11) is 0. The summed E-state index contributed by atoms with van der Waals surface area (Å²) < 4.78 is 6.84. The fourth-order valence-electron chi connectivity index (χ4n) is 2.96. The van der Waals surface area contributed by atoms with Crippen LogP contribution in [0, 0.1) is 0 Å². The SMILES string of the molecule is O=C(Cc1ccccc1Cl)c1cc2c(s1)-c1ccc(Br)cc1OCC2. The molecule has 0 atom stereocenters. The van der Waals surface area contributed by atoms with Crippen LogP contribution >= 0.6 is 38.9 Å². The Hall–Kier alpha value is -1.62. The molecule has 0 bridgehead atoms. The van der Waals surface area contributed by atoms with Gasteiger partial charge in [0.2, 0.25) is 0 Å². The van der Waals surface area contributed by atoms with Gasteiger partial charge in [-0.15, -0.1) is 11.3 Å². The van der Waals surface area contributed by atoms with Crippen molar-refractivity contribution in [2.45, 2.75) is 12.8 Å². The van der Waals surface area contributed by atoms with Crippen LogP contribution in [0.4, 0.5) is 0 Å². The molecule has 2 nitrogen and oxygen atoms in total. The fourth-order valence-corrected chi connectivity index (χ4v) is 4.68. The molecule has 1 aliphatic rings. The summed E-state index contributed by atoms with van der Waals surface area (Å²) in [5, 5.41) is 0.637. The first-order chi connectivity index (χ1) is 12.1. The lowest BCUT2D eigenvalue weighted by Gasteiger charge is -2.07. The smallest absolute Gasteiger partial charge is 0.177 e. The Morgan fingerprint density at radius 3 is 2.88 bits per heavy atom. The largest absolute Gasteiger partial charge is 0.493 e. The molecule has 0 N–H and O–H groups in total. The number of hydrogen-bond donors (Lipinski definition) is 0. The van der Waals surface area contributed by atoms with Crippen molar-refractivity contribution in [1.29, 1.82) is 0 Å². The van der Waals surface area contributed by atoms with Crippen molar-refractivity contribution in [2.24, 2.45) is 0 Å². The molecule has 2 aromatic carbocycles. The molecule has 3 aromatic rings. The van der Waals surface area contributed by atoms with E-state index >= 15 is 0 Å². The van der Waals surface area contributed by atoms with E-state index in [1.807, 2.05) is 48.5 Å². The normalized spacial score (nSPS) is 12.7. The van der Waals surface area contributed by atoms with Crippen molar-refractivity contribution in [1.82, 2.24) is 0 Å². The fraction of sp³-hybridized carbons (Fsp3) is 0.150. The second kappa shape index (κ2) is 6.94. The summed E-state index contributed by atoms with van der Waals surface area (Å²) in [6, 6.07) is 15.5. The summed E-state index contributed by atoms with van der Waals surface area (Å²) in [4.78, 5) is 14.7. The quantitative estimate of drug-likeness (QED) is 0.460. The topological polar surface area (TPSA) is 26.3 Å². The zero-order valence-electron chi connectivity index (χ0n) is 13.2. The maximum atomic E-state index is 12.7.